The van der Waals surface area contributed by atoms with E-state index in [2.05, 4.69) is 18.9 Å². The molecule has 0 unspecified atom stereocenters. The lowest BCUT2D eigenvalue weighted by Crippen LogP contribution is -2.27. The van der Waals surface area contributed by atoms with Crippen molar-refractivity contribution < 1.29 is 19.0 Å². The van der Waals surface area contributed by atoms with Gasteiger partial charge in [0.1, 0.15) is 17.2 Å². The summed E-state index contributed by atoms with van der Waals surface area (Å²) in [6.07, 6.45) is 2.80. The number of nitrogens with zero attached hydrogens (tertiary/aromatic N) is 1. The molecule has 0 saturated carbocycles. The highest BCUT2D eigenvalue weighted by Crippen LogP contribution is 2.31. The fourth-order valence-electron chi connectivity index (χ4n) is 3.19. The van der Waals surface area contributed by atoms with Gasteiger partial charge in [-0.1, -0.05) is 49.2 Å². The Bertz CT molecular complexity index is 1010. The van der Waals surface area contributed by atoms with Gasteiger partial charge in [0, 0.05) is 11.6 Å². The molecule has 3 aromatic rings. The molecule has 3 rings (SSSR count). The first-order valence-corrected chi connectivity index (χ1v) is 10.9. The number of carbonyl (C=O) groups is 1. The number of nitrogens with two attached hydrogens (primary N) is 1. The van der Waals surface area contributed by atoms with Gasteiger partial charge in [0.15, 0.2) is 0 Å². The van der Waals surface area contributed by atoms with E-state index in [-0.39, 0.29) is 0 Å². The standard InChI is InChI=1S/C25H28N2O4S/c1-29-21-14-12-19(13-15-21)23-10-3-4-11-24(23)31-17-6-2-5-16-30-22-9-7-8-20(18-22)27(32)25(26)28/h3-4,7-15,18,32H,2,5-6,16-17H2,1H3,(H2,26,28). The number of urea groups is 1. The number of primary amides is 1. The molecule has 0 aliphatic rings. The third-order valence-electron chi connectivity index (χ3n) is 4.87. The molecule has 0 fully saturated rings. The van der Waals surface area contributed by atoms with Gasteiger partial charge in [-0.25, -0.2) is 9.10 Å². The Labute approximate surface area is 194 Å². The number of amides is 2. The van der Waals surface area contributed by atoms with Gasteiger partial charge in [-0.05, 0) is 55.2 Å². The minimum Gasteiger partial charge on any atom is -0.497 e. The fourth-order valence-corrected chi connectivity index (χ4v) is 3.31. The molecule has 2 amide bonds. The second-order valence-electron chi connectivity index (χ2n) is 7.13. The predicted molar refractivity (Wildman–Crippen MR) is 131 cm³/mol. The lowest BCUT2D eigenvalue weighted by Gasteiger charge is -2.14. The molecule has 0 bridgehead atoms. The van der Waals surface area contributed by atoms with E-state index in [4.69, 9.17) is 19.9 Å². The largest absolute Gasteiger partial charge is 0.497 e. The van der Waals surface area contributed by atoms with E-state index in [9.17, 15) is 4.79 Å². The number of thiol groups is 1. The maximum Gasteiger partial charge on any atom is 0.329 e. The quantitative estimate of drug-likeness (QED) is 0.288. The van der Waals surface area contributed by atoms with E-state index in [1.54, 1.807) is 25.3 Å². The number of hydrogen-bond acceptors (Lipinski definition) is 5. The first-order chi connectivity index (χ1) is 15.6. The van der Waals surface area contributed by atoms with Crippen molar-refractivity contribution in [3.05, 3.63) is 72.8 Å². The minimum absolute atomic E-state index is 0.572. The monoisotopic (exact) mass is 452 g/mol. The van der Waals surface area contributed by atoms with Crippen molar-refractivity contribution in [2.75, 3.05) is 24.6 Å². The van der Waals surface area contributed by atoms with Crippen LogP contribution in [0.2, 0.25) is 0 Å². The summed E-state index contributed by atoms with van der Waals surface area (Å²) in [5.74, 6) is 2.38. The molecule has 0 atom stereocenters. The molecule has 6 nitrogen and oxygen atoms in total. The van der Waals surface area contributed by atoms with E-state index in [0.717, 1.165) is 46.2 Å². The number of para-hydroxylation sites is 1. The van der Waals surface area contributed by atoms with Gasteiger partial charge in [-0.3, -0.25) is 0 Å². The van der Waals surface area contributed by atoms with E-state index in [0.29, 0.717) is 24.7 Å². The molecular formula is C25H28N2O4S. The molecule has 32 heavy (non-hydrogen) atoms. The molecular weight excluding hydrogens is 424 g/mol. The molecule has 3 aromatic carbocycles. The first-order valence-electron chi connectivity index (χ1n) is 10.5. The van der Waals surface area contributed by atoms with Crippen LogP contribution in [0.1, 0.15) is 19.3 Å². The van der Waals surface area contributed by atoms with Crippen molar-refractivity contribution in [3.8, 4) is 28.4 Å². The summed E-state index contributed by atoms with van der Waals surface area (Å²) in [5, 5.41) is 0. The molecule has 7 heteroatoms. The van der Waals surface area contributed by atoms with Crippen LogP contribution < -0.4 is 24.2 Å². The van der Waals surface area contributed by atoms with Crippen LogP contribution in [0.25, 0.3) is 11.1 Å². The lowest BCUT2D eigenvalue weighted by atomic mass is 10.0. The Hall–Kier alpha value is -3.32. The molecule has 0 saturated heterocycles. The zero-order valence-corrected chi connectivity index (χ0v) is 19.0. The average Bonchev–Trinajstić information content (AvgIpc) is 2.83. The van der Waals surface area contributed by atoms with Crippen LogP contribution in [0.15, 0.2) is 72.8 Å². The van der Waals surface area contributed by atoms with Crippen molar-refractivity contribution in [1.82, 2.24) is 0 Å². The number of anilines is 1. The summed E-state index contributed by atoms with van der Waals surface area (Å²) in [6.45, 7) is 1.21. The van der Waals surface area contributed by atoms with Gasteiger partial charge in [-0.2, -0.15) is 0 Å². The highest BCUT2D eigenvalue weighted by Gasteiger charge is 2.09. The summed E-state index contributed by atoms with van der Waals surface area (Å²) in [6, 6.07) is 22.5. The molecule has 0 aliphatic carbocycles. The molecule has 0 heterocycles. The number of benzene rings is 3. The number of hydrogen-bond donors (Lipinski definition) is 2. The maximum absolute atomic E-state index is 11.2. The second kappa shape index (κ2) is 11.9. The third-order valence-corrected chi connectivity index (χ3v) is 5.30. The van der Waals surface area contributed by atoms with Crippen LogP contribution in [0, 0.1) is 0 Å². The highest BCUT2D eigenvalue weighted by atomic mass is 32.1. The van der Waals surface area contributed by atoms with Crippen molar-refractivity contribution in [1.29, 1.82) is 0 Å². The van der Waals surface area contributed by atoms with E-state index in [1.807, 2.05) is 48.5 Å². The van der Waals surface area contributed by atoms with Gasteiger partial charge >= 0.3 is 6.03 Å². The lowest BCUT2D eigenvalue weighted by molar-refractivity contribution is 0.257. The second-order valence-corrected chi connectivity index (χ2v) is 7.53. The van der Waals surface area contributed by atoms with E-state index < -0.39 is 6.03 Å². The number of ether oxygens (including phenoxy) is 3. The van der Waals surface area contributed by atoms with Crippen LogP contribution in [-0.2, 0) is 0 Å². The molecule has 0 spiro atoms. The molecule has 2 N–H and O–H groups in total. The summed E-state index contributed by atoms with van der Waals surface area (Å²) in [5.41, 5.74) is 7.96. The summed E-state index contributed by atoms with van der Waals surface area (Å²) >= 11 is 4.06. The zero-order valence-electron chi connectivity index (χ0n) is 18.1. The normalized spacial score (nSPS) is 10.4. The SMILES string of the molecule is COc1ccc(-c2ccccc2OCCCCCOc2cccc(N(S)C(N)=O)c2)cc1. The highest BCUT2D eigenvalue weighted by molar-refractivity contribution is 7.82. The Morgan fingerprint density at radius 3 is 2.31 bits per heavy atom. The van der Waals surface area contributed by atoms with Crippen LogP contribution in [0.4, 0.5) is 10.5 Å². The summed E-state index contributed by atoms with van der Waals surface area (Å²) in [7, 11) is 1.66. The maximum atomic E-state index is 11.2. The van der Waals surface area contributed by atoms with Crippen molar-refractivity contribution in [3.63, 3.8) is 0 Å². The molecule has 168 valence electrons. The fraction of sp³-hybridized carbons (Fsp3) is 0.240. The number of rotatable bonds is 11. The summed E-state index contributed by atoms with van der Waals surface area (Å²) in [4.78, 5) is 11.2. The van der Waals surface area contributed by atoms with Crippen LogP contribution in [0.5, 0.6) is 17.2 Å². The summed E-state index contributed by atoms with van der Waals surface area (Å²) < 4.78 is 18.1. The number of carbonyl (C=O) groups excluding carboxylic acids is 1. The zero-order chi connectivity index (χ0) is 22.8. The van der Waals surface area contributed by atoms with E-state index in [1.165, 1.54) is 0 Å². The topological polar surface area (TPSA) is 74.0 Å². The Balaban J connectivity index is 1.41. The van der Waals surface area contributed by atoms with Gasteiger partial charge < -0.3 is 19.9 Å². The van der Waals surface area contributed by atoms with Crippen molar-refractivity contribution >= 4 is 24.5 Å². The Morgan fingerprint density at radius 2 is 1.59 bits per heavy atom. The number of methoxy groups -OCH3 is 1. The first kappa shape index (κ1) is 23.3. The average molecular weight is 453 g/mol. The smallest absolute Gasteiger partial charge is 0.329 e. The van der Waals surface area contributed by atoms with E-state index >= 15 is 0 Å². The molecule has 0 radical (unpaired) electrons. The minimum atomic E-state index is -0.640. The van der Waals surface area contributed by atoms with Gasteiger partial charge in [0.25, 0.3) is 0 Å². The number of unbranched alkanes of at least 4 members (excludes halogenated alkanes) is 2. The van der Waals surface area contributed by atoms with Crippen LogP contribution >= 0.6 is 12.8 Å². The van der Waals surface area contributed by atoms with Crippen LogP contribution in [0.3, 0.4) is 0 Å². The van der Waals surface area contributed by atoms with Crippen LogP contribution in [-0.4, -0.2) is 26.4 Å². The third kappa shape index (κ3) is 6.59. The molecule has 0 aliphatic heterocycles. The molecule has 0 aromatic heterocycles. The Kier molecular flexibility index (Phi) is 8.69. The Morgan fingerprint density at radius 1 is 0.875 bits per heavy atom. The van der Waals surface area contributed by atoms with Crippen molar-refractivity contribution in [2.45, 2.75) is 19.3 Å². The van der Waals surface area contributed by atoms with Crippen molar-refractivity contribution in [2.24, 2.45) is 5.73 Å². The van der Waals surface area contributed by atoms with Gasteiger partial charge in [0.2, 0.25) is 0 Å². The van der Waals surface area contributed by atoms with Gasteiger partial charge in [0.05, 0.1) is 26.0 Å². The predicted octanol–water partition coefficient (Wildman–Crippen LogP) is 5.72. The van der Waals surface area contributed by atoms with Gasteiger partial charge in [-0.15, -0.1) is 0 Å².